The van der Waals surface area contributed by atoms with E-state index >= 15 is 0 Å². The van der Waals surface area contributed by atoms with E-state index in [9.17, 15) is 4.79 Å². The molecule has 1 amide bonds. The van der Waals surface area contributed by atoms with Gasteiger partial charge in [0.1, 0.15) is 0 Å². The highest BCUT2D eigenvalue weighted by atomic mass is 32.2. The molecule has 1 rings (SSSR count). The molecular weight excluding hydrogens is 208 g/mol. The van der Waals surface area contributed by atoms with E-state index in [-0.39, 0.29) is 11.2 Å². The highest BCUT2D eigenvalue weighted by molar-refractivity contribution is 7.99. The summed E-state index contributed by atoms with van der Waals surface area (Å²) in [6, 6.07) is 0.676. The lowest BCUT2D eigenvalue weighted by molar-refractivity contribution is -0.120. The molecule has 2 atom stereocenters. The van der Waals surface area contributed by atoms with E-state index in [0.717, 1.165) is 13.0 Å². The Morgan fingerprint density at radius 1 is 1.67 bits per heavy atom. The van der Waals surface area contributed by atoms with E-state index in [4.69, 9.17) is 0 Å². The van der Waals surface area contributed by atoms with Crippen molar-refractivity contribution in [2.45, 2.75) is 37.5 Å². The first-order chi connectivity index (χ1) is 7.15. The average molecular weight is 230 g/mol. The van der Waals surface area contributed by atoms with Gasteiger partial charge in [-0.1, -0.05) is 0 Å². The van der Waals surface area contributed by atoms with Crippen LogP contribution >= 0.6 is 11.8 Å². The zero-order chi connectivity index (χ0) is 11.3. The van der Waals surface area contributed by atoms with Gasteiger partial charge in [0.15, 0.2) is 0 Å². The Balaban J connectivity index is 2.13. The highest BCUT2D eigenvalue weighted by Gasteiger charge is 2.20. The quantitative estimate of drug-likeness (QED) is 0.773. The van der Waals surface area contributed by atoms with Crippen LogP contribution in [0.25, 0.3) is 0 Å². The second-order valence-electron chi connectivity index (χ2n) is 4.23. The molecule has 0 spiro atoms. The summed E-state index contributed by atoms with van der Waals surface area (Å²) in [5, 5.41) is 3.07. The lowest BCUT2D eigenvalue weighted by atomic mass is 10.1. The van der Waals surface area contributed by atoms with Crippen LogP contribution in [0, 0.1) is 0 Å². The molecule has 0 saturated carbocycles. The molecule has 0 radical (unpaired) electrons. The number of hydrogen-bond donors (Lipinski definition) is 1. The number of nitrogens with one attached hydrogen (secondary N) is 1. The molecule has 2 unspecified atom stereocenters. The van der Waals surface area contributed by atoms with E-state index in [1.807, 2.05) is 13.2 Å². The molecule has 3 nitrogen and oxygen atoms in total. The third-order valence-electron chi connectivity index (χ3n) is 3.17. The Kier molecular flexibility index (Phi) is 5.47. The Hall–Kier alpha value is -0.220. The predicted molar refractivity (Wildman–Crippen MR) is 66.3 cm³/mol. The summed E-state index contributed by atoms with van der Waals surface area (Å²) in [5.74, 6) is 0.170. The molecule has 0 aliphatic carbocycles. The molecule has 4 heteroatoms. The maximum Gasteiger partial charge on any atom is 0.232 e. The fraction of sp³-hybridized carbons (Fsp3) is 0.909. The van der Waals surface area contributed by atoms with Gasteiger partial charge in [0.25, 0.3) is 0 Å². The van der Waals surface area contributed by atoms with E-state index < -0.39 is 0 Å². The SMILES string of the molecule is CSC(C)C(=O)NCCC1CCCN1C. The van der Waals surface area contributed by atoms with Crippen LogP contribution < -0.4 is 5.32 Å². The maximum absolute atomic E-state index is 11.5. The van der Waals surface area contributed by atoms with Crippen LogP contribution in [-0.2, 0) is 4.79 Å². The first-order valence-corrected chi connectivity index (χ1v) is 6.94. The fourth-order valence-electron chi connectivity index (χ4n) is 1.96. The molecule has 1 saturated heterocycles. The largest absolute Gasteiger partial charge is 0.355 e. The lowest BCUT2D eigenvalue weighted by Gasteiger charge is -2.19. The van der Waals surface area contributed by atoms with Gasteiger partial charge in [-0.05, 0) is 46.0 Å². The molecule has 0 aromatic heterocycles. The fourth-order valence-corrected chi connectivity index (χ4v) is 2.25. The number of hydrogen-bond acceptors (Lipinski definition) is 3. The van der Waals surface area contributed by atoms with Gasteiger partial charge in [-0.3, -0.25) is 4.79 Å². The normalized spacial score (nSPS) is 24.1. The summed E-state index contributed by atoms with van der Waals surface area (Å²) < 4.78 is 0. The number of nitrogens with zero attached hydrogens (tertiary/aromatic N) is 1. The van der Waals surface area contributed by atoms with Crippen molar-refractivity contribution >= 4 is 17.7 Å². The third kappa shape index (κ3) is 4.03. The van der Waals surface area contributed by atoms with Gasteiger partial charge in [0.05, 0.1) is 5.25 Å². The summed E-state index contributed by atoms with van der Waals surface area (Å²) in [5.41, 5.74) is 0. The highest BCUT2D eigenvalue weighted by Crippen LogP contribution is 2.17. The number of rotatable bonds is 5. The molecule has 0 aromatic rings. The summed E-state index contributed by atoms with van der Waals surface area (Å²) >= 11 is 1.59. The van der Waals surface area contributed by atoms with E-state index in [2.05, 4.69) is 17.3 Å². The van der Waals surface area contributed by atoms with Crippen LogP contribution in [0.1, 0.15) is 26.2 Å². The zero-order valence-corrected chi connectivity index (χ0v) is 10.8. The summed E-state index contributed by atoms with van der Waals surface area (Å²) in [6.07, 6.45) is 5.64. The first-order valence-electron chi connectivity index (χ1n) is 5.66. The van der Waals surface area contributed by atoms with Crippen molar-refractivity contribution in [1.82, 2.24) is 10.2 Å². The van der Waals surface area contributed by atoms with Gasteiger partial charge in [-0.2, -0.15) is 11.8 Å². The summed E-state index contributed by atoms with van der Waals surface area (Å²) in [4.78, 5) is 13.9. The Morgan fingerprint density at radius 2 is 2.40 bits per heavy atom. The van der Waals surface area contributed by atoms with Gasteiger partial charge in [0.2, 0.25) is 5.91 Å². The molecule has 1 heterocycles. The van der Waals surface area contributed by atoms with Gasteiger partial charge in [-0.25, -0.2) is 0 Å². The van der Waals surface area contributed by atoms with Crippen LogP contribution in [0.15, 0.2) is 0 Å². The predicted octanol–water partition coefficient (Wildman–Crippen LogP) is 1.34. The summed E-state index contributed by atoms with van der Waals surface area (Å²) in [7, 11) is 2.17. The van der Waals surface area contributed by atoms with Crippen molar-refractivity contribution < 1.29 is 4.79 Å². The number of carbonyl (C=O) groups is 1. The number of likely N-dealkylation sites (tertiary alicyclic amines) is 1. The molecule has 1 aliphatic heterocycles. The topological polar surface area (TPSA) is 32.3 Å². The Bertz CT molecular complexity index is 211. The minimum atomic E-state index is 0.0753. The van der Waals surface area contributed by atoms with Crippen molar-refractivity contribution in [3.63, 3.8) is 0 Å². The molecule has 15 heavy (non-hydrogen) atoms. The standard InChI is InChI=1S/C11H22N2OS/c1-9(15-3)11(14)12-7-6-10-5-4-8-13(10)2/h9-10H,4-8H2,1-3H3,(H,12,14). The van der Waals surface area contributed by atoms with Crippen molar-refractivity contribution in [3.05, 3.63) is 0 Å². The van der Waals surface area contributed by atoms with E-state index in [1.165, 1.54) is 19.4 Å². The molecule has 88 valence electrons. The van der Waals surface area contributed by atoms with Crippen molar-refractivity contribution in [3.8, 4) is 0 Å². The monoisotopic (exact) mass is 230 g/mol. The van der Waals surface area contributed by atoms with E-state index in [0.29, 0.717) is 6.04 Å². The van der Waals surface area contributed by atoms with E-state index in [1.54, 1.807) is 11.8 Å². The van der Waals surface area contributed by atoms with Crippen LogP contribution in [-0.4, -0.2) is 48.5 Å². The van der Waals surface area contributed by atoms with Crippen LogP contribution in [0.3, 0.4) is 0 Å². The summed E-state index contributed by atoms with van der Waals surface area (Å²) in [6.45, 7) is 3.97. The maximum atomic E-state index is 11.5. The zero-order valence-electron chi connectivity index (χ0n) is 9.95. The Labute approximate surface area is 97.0 Å². The smallest absolute Gasteiger partial charge is 0.232 e. The van der Waals surface area contributed by atoms with Crippen molar-refractivity contribution in [1.29, 1.82) is 0 Å². The number of amides is 1. The second-order valence-corrected chi connectivity index (χ2v) is 5.41. The van der Waals surface area contributed by atoms with Crippen molar-refractivity contribution in [2.75, 3.05) is 26.4 Å². The van der Waals surface area contributed by atoms with Crippen LogP contribution in [0.2, 0.25) is 0 Å². The second kappa shape index (κ2) is 6.38. The van der Waals surface area contributed by atoms with Crippen molar-refractivity contribution in [2.24, 2.45) is 0 Å². The minimum Gasteiger partial charge on any atom is -0.355 e. The van der Waals surface area contributed by atoms with Gasteiger partial charge in [-0.15, -0.1) is 0 Å². The number of carbonyl (C=O) groups excluding carboxylic acids is 1. The lowest BCUT2D eigenvalue weighted by Crippen LogP contribution is -2.35. The molecule has 1 aliphatic rings. The van der Waals surface area contributed by atoms with Crippen LogP contribution in [0.4, 0.5) is 0 Å². The Morgan fingerprint density at radius 3 is 2.93 bits per heavy atom. The molecule has 1 fully saturated rings. The van der Waals surface area contributed by atoms with Gasteiger partial charge < -0.3 is 10.2 Å². The molecule has 0 bridgehead atoms. The number of thioether (sulfide) groups is 1. The van der Waals surface area contributed by atoms with Gasteiger partial charge in [0, 0.05) is 12.6 Å². The molecular formula is C11H22N2OS. The first kappa shape index (κ1) is 12.8. The third-order valence-corrected chi connectivity index (χ3v) is 4.09. The van der Waals surface area contributed by atoms with Crippen LogP contribution in [0.5, 0.6) is 0 Å². The average Bonchev–Trinajstić information content (AvgIpc) is 2.63. The van der Waals surface area contributed by atoms with Gasteiger partial charge >= 0.3 is 0 Å². The minimum absolute atomic E-state index is 0.0753. The molecule has 0 aromatic carbocycles. The molecule has 1 N–H and O–H groups in total.